The monoisotopic (exact) mass is 374 g/mol. The average Bonchev–Trinajstić information content (AvgIpc) is 3.43. The summed E-state index contributed by atoms with van der Waals surface area (Å²) in [6.45, 7) is 0. The van der Waals surface area contributed by atoms with Crippen molar-refractivity contribution >= 4 is 34.8 Å². The summed E-state index contributed by atoms with van der Waals surface area (Å²) in [6, 6.07) is 12.0. The van der Waals surface area contributed by atoms with Gasteiger partial charge in [0.2, 0.25) is 11.8 Å². The molecule has 2 aromatic rings. The second-order valence-electron chi connectivity index (χ2n) is 6.00. The highest BCUT2D eigenvalue weighted by atomic mass is 35.5. The number of hydrogen-bond donors (Lipinski definition) is 2. The van der Waals surface area contributed by atoms with Gasteiger partial charge in [-0.15, -0.1) is 0 Å². The number of nitrogens with one attached hydrogen (secondary N) is 2. The lowest BCUT2D eigenvalue weighted by Gasteiger charge is -2.10. The maximum absolute atomic E-state index is 12.4. The number of amides is 2. The van der Waals surface area contributed by atoms with Crippen LogP contribution in [0.25, 0.3) is 0 Å². The van der Waals surface area contributed by atoms with Gasteiger partial charge in [-0.05, 0) is 48.9 Å². The predicted molar refractivity (Wildman–Crippen MR) is 99.9 cm³/mol. The van der Waals surface area contributed by atoms with Crippen LogP contribution in [0.1, 0.15) is 6.42 Å². The molecule has 0 radical (unpaired) electrons. The predicted octanol–water partition coefficient (Wildman–Crippen LogP) is 3.57. The van der Waals surface area contributed by atoms with E-state index in [9.17, 15) is 9.59 Å². The Morgan fingerprint density at radius 1 is 0.962 bits per heavy atom. The van der Waals surface area contributed by atoms with Gasteiger partial charge in [0.15, 0.2) is 0 Å². The van der Waals surface area contributed by atoms with Crippen LogP contribution in [0.4, 0.5) is 11.4 Å². The fourth-order valence-electron chi connectivity index (χ4n) is 2.69. The molecule has 0 spiro atoms. The molecule has 1 saturated carbocycles. The van der Waals surface area contributed by atoms with Gasteiger partial charge >= 0.3 is 0 Å². The number of anilines is 2. The van der Waals surface area contributed by atoms with Crippen molar-refractivity contribution in [3.8, 4) is 11.5 Å². The molecule has 2 amide bonds. The smallest absolute Gasteiger partial charge is 0.228 e. The van der Waals surface area contributed by atoms with Crippen LogP contribution in [0.2, 0.25) is 5.02 Å². The summed E-state index contributed by atoms with van der Waals surface area (Å²) in [5, 5.41) is 6.09. The Morgan fingerprint density at radius 3 is 2.23 bits per heavy atom. The number of rotatable bonds is 6. The molecule has 0 bridgehead atoms. The molecule has 2 unspecified atom stereocenters. The van der Waals surface area contributed by atoms with Crippen molar-refractivity contribution in [2.24, 2.45) is 11.8 Å². The van der Waals surface area contributed by atoms with E-state index in [1.54, 1.807) is 49.6 Å². The summed E-state index contributed by atoms with van der Waals surface area (Å²) >= 11 is 5.96. The van der Waals surface area contributed by atoms with Crippen LogP contribution >= 0.6 is 11.6 Å². The largest absolute Gasteiger partial charge is 0.497 e. The van der Waals surface area contributed by atoms with E-state index >= 15 is 0 Å². The highest BCUT2D eigenvalue weighted by molar-refractivity contribution is 6.31. The van der Waals surface area contributed by atoms with Gasteiger partial charge in [-0.3, -0.25) is 9.59 Å². The zero-order valence-corrected chi connectivity index (χ0v) is 15.2. The Morgan fingerprint density at radius 2 is 1.62 bits per heavy atom. The van der Waals surface area contributed by atoms with Crippen LogP contribution in [0, 0.1) is 11.8 Å². The minimum absolute atomic E-state index is 0.173. The van der Waals surface area contributed by atoms with Gasteiger partial charge in [-0.2, -0.15) is 0 Å². The molecule has 0 aromatic heterocycles. The van der Waals surface area contributed by atoms with Gasteiger partial charge in [0.1, 0.15) is 11.5 Å². The maximum atomic E-state index is 12.4. The molecule has 1 aliphatic carbocycles. The van der Waals surface area contributed by atoms with Crippen LogP contribution in [0.15, 0.2) is 42.5 Å². The lowest BCUT2D eigenvalue weighted by Crippen LogP contribution is -2.20. The van der Waals surface area contributed by atoms with Crippen LogP contribution in [-0.2, 0) is 9.59 Å². The van der Waals surface area contributed by atoms with Crippen molar-refractivity contribution in [2.75, 3.05) is 24.9 Å². The Kier molecular flexibility index (Phi) is 5.32. The van der Waals surface area contributed by atoms with E-state index < -0.39 is 0 Å². The van der Waals surface area contributed by atoms with Crippen LogP contribution in [0.3, 0.4) is 0 Å². The molecule has 7 heteroatoms. The second kappa shape index (κ2) is 7.66. The number of carbonyl (C=O) groups excluding carboxylic acids is 2. The molecule has 2 aromatic carbocycles. The van der Waals surface area contributed by atoms with Crippen LogP contribution in [-0.4, -0.2) is 26.0 Å². The average molecular weight is 375 g/mol. The molecule has 2 atom stereocenters. The third kappa shape index (κ3) is 4.08. The molecule has 2 N–H and O–H groups in total. The Bertz CT molecular complexity index is 823. The minimum Gasteiger partial charge on any atom is -0.497 e. The number of ether oxygens (including phenoxy) is 2. The van der Waals surface area contributed by atoms with Crippen molar-refractivity contribution in [2.45, 2.75) is 6.42 Å². The van der Waals surface area contributed by atoms with Crippen LogP contribution < -0.4 is 20.1 Å². The Hall–Kier alpha value is -2.73. The highest BCUT2D eigenvalue weighted by Gasteiger charge is 2.48. The van der Waals surface area contributed by atoms with E-state index in [-0.39, 0.29) is 23.7 Å². The standard InChI is InChI=1S/C19H19ClN2O4/c1-25-13-6-4-12(5-7-13)21-18(23)14-10-15(14)19(24)22-16-9-11(20)3-8-17(16)26-2/h3-9,14-15H,10H2,1-2H3,(H,21,23)(H,22,24). The van der Waals surface area contributed by atoms with Crippen molar-refractivity contribution in [1.29, 1.82) is 0 Å². The van der Waals surface area contributed by atoms with Gasteiger partial charge in [0.05, 0.1) is 31.7 Å². The van der Waals surface area contributed by atoms with Crippen LogP contribution in [0.5, 0.6) is 11.5 Å². The lowest BCUT2D eigenvalue weighted by molar-refractivity contribution is -0.122. The number of hydrogen-bond acceptors (Lipinski definition) is 4. The molecule has 1 aliphatic rings. The van der Waals surface area contributed by atoms with E-state index in [1.807, 2.05) is 0 Å². The van der Waals surface area contributed by atoms with Crippen molar-refractivity contribution < 1.29 is 19.1 Å². The van der Waals surface area contributed by atoms with E-state index in [0.717, 1.165) is 0 Å². The maximum Gasteiger partial charge on any atom is 0.228 e. The molecular formula is C19H19ClN2O4. The van der Waals surface area contributed by atoms with Gasteiger partial charge < -0.3 is 20.1 Å². The SMILES string of the molecule is COc1ccc(NC(=O)C2CC2C(=O)Nc2cc(Cl)ccc2OC)cc1. The van der Waals surface area contributed by atoms with E-state index in [0.29, 0.717) is 34.3 Å². The minimum atomic E-state index is -0.364. The van der Waals surface area contributed by atoms with E-state index in [2.05, 4.69) is 10.6 Å². The zero-order chi connectivity index (χ0) is 18.7. The van der Waals surface area contributed by atoms with Gasteiger partial charge in [0.25, 0.3) is 0 Å². The quantitative estimate of drug-likeness (QED) is 0.810. The first-order chi connectivity index (χ1) is 12.5. The summed E-state index contributed by atoms with van der Waals surface area (Å²) in [5.41, 5.74) is 1.16. The van der Waals surface area contributed by atoms with Gasteiger partial charge in [0, 0.05) is 10.7 Å². The normalized spacial score (nSPS) is 18.0. The van der Waals surface area contributed by atoms with Crippen molar-refractivity contribution in [1.82, 2.24) is 0 Å². The fraction of sp³-hybridized carbons (Fsp3) is 0.263. The fourth-order valence-corrected chi connectivity index (χ4v) is 2.86. The molecule has 3 rings (SSSR count). The first-order valence-electron chi connectivity index (χ1n) is 8.11. The summed E-state index contributed by atoms with van der Waals surface area (Å²) in [7, 11) is 3.09. The highest BCUT2D eigenvalue weighted by Crippen LogP contribution is 2.41. The summed E-state index contributed by atoms with van der Waals surface area (Å²) in [5.74, 6) is 0.123. The molecule has 0 aliphatic heterocycles. The topological polar surface area (TPSA) is 76.7 Å². The zero-order valence-electron chi connectivity index (χ0n) is 14.4. The second-order valence-corrected chi connectivity index (χ2v) is 6.44. The number of benzene rings is 2. The molecule has 1 fully saturated rings. The number of carbonyl (C=O) groups is 2. The molecule has 6 nitrogen and oxygen atoms in total. The first kappa shape index (κ1) is 18.1. The third-order valence-corrected chi connectivity index (χ3v) is 4.48. The summed E-state index contributed by atoms with van der Waals surface area (Å²) in [6.07, 6.45) is 0.511. The molecule has 136 valence electrons. The molecule has 0 heterocycles. The first-order valence-corrected chi connectivity index (χ1v) is 8.49. The Labute approximate surface area is 156 Å². The number of halogens is 1. The van der Waals surface area contributed by atoms with Crippen molar-refractivity contribution in [3.63, 3.8) is 0 Å². The lowest BCUT2D eigenvalue weighted by atomic mass is 10.2. The summed E-state index contributed by atoms with van der Waals surface area (Å²) < 4.78 is 10.3. The van der Waals surface area contributed by atoms with Crippen molar-refractivity contribution in [3.05, 3.63) is 47.5 Å². The van der Waals surface area contributed by atoms with Gasteiger partial charge in [-0.25, -0.2) is 0 Å². The number of methoxy groups -OCH3 is 2. The summed E-state index contributed by atoms with van der Waals surface area (Å²) in [4.78, 5) is 24.7. The van der Waals surface area contributed by atoms with E-state index in [1.165, 1.54) is 7.11 Å². The molecule has 26 heavy (non-hydrogen) atoms. The Balaban J connectivity index is 1.58. The van der Waals surface area contributed by atoms with Gasteiger partial charge in [-0.1, -0.05) is 11.6 Å². The molecule has 0 saturated heterocycles. The third-order valence-electron chi connectivity index (χ3n) is 4.24. The molecular weight excluding hydrogens is 356 g/mol. The van der Waals surface area contributed by atoms with E-state index in [4.69, 9.17) is 21.1 Å².